The molecule has 0 bridgehead atoms. The van der Waals surface area contributed by atoms with Crippen molar-refractivity contribution in [3.8, 4) is 0 Å². The third kappa shape index (κ3) is 2.36. The number of allylic oxidation sites excluding steroid dienone is 2. The van der Waals surface area contributed by atoms with Crippen LogP contribution in [0.1, 0.15) is 25.7 Å². The van der Waals surface area contributed by atoms with Crippen LogP contribution >= 0.6 is 0 Å². The molecule has 0 aromatic heterocycles. The number of carbonyl (C=O) groups is 1. The Morgan fingerprint density at radius 1 is 1.31 bits per heavy atom. The number of hydrogen-bond donors (Lipinski definition) is 1. The minimum atomic E-state index is -4.57. The molecule has 1 aliphatic rings. The lowest BCUT2D eigenvalue weighted by Gasteiger charge is -2.22. The summed E-state index contributed by atoms with van der Waals surface area (Å²) < 4.78 is 49.8. The van der Waals surface area contributed by atoms with Gasteiger partial charge in [-0.2, -0.15) is 8.78 Å². The fourth-order valence-electron chi connectivity index (χ4n) is 1.73. The molecule has 0 aromatic rings. The monoisotopic (exact) mass is 239 g/mol. The van der Waals surface area contributed by atoms with Gasteiger partial charge in [-0.15, -0.1) is 0 Å². The number of alkyl halides is 4. The van der Waals surface area contributed by atoms with Gasteiger partial charge in [0, 0.05) is 18.3 Å². The van der Waals surface area contributed by atoms with E-state index in [1.54, 1.807) is 0 Å². The maximum absolute atomic E-state index is 12.9. The fraction of sp³-hybridized carbons (Fsp3) is 0.700. The molecule has 0 atom stereocenters. The molecule has 92 valence electrons. The van der Waals surface area contributed by atoms with Gasteiger partial charge in [-0.05, 0) is 25.7 Å². The second-order valence-corrected chi connectivity index (χ2v) is 3.67. The number of ketones is 1. The van der Waals surface area contributed by atoms with Crippen LogP contribution < -0.4 is 5.32 Å². The van der Waals surface area contributed by atoms with Crippen LogP contribution in [0.5, 0.6) is 0 Å². The van der Waals surface area contributed by atoms with E-state index in [0.717, 1.165) is 6.42 Å². The van der Waals surface area contributed by atoms with E-state index in [1.165, 1.54) is 7.05 Å². The van der Waals surface area contributed by atoms with Gasteiger partial charge in [-0.1, -0.05) is 0 Å². The first-order chi connectivity index (χ1) is 7.41. The van der Waals surface area contributed by atoms with Crippen molar-refractivity contribution >= 4 is 5.78 Å². The van der Waals surface area contributed by atoms with Crippen LogP contribution in [0.15, 0.2) is 11.3 Å². The van der Waals surface area contributed by atoms with E-state index in [4.69, 9.17) is 0 Å². The van der Waals surface area contributed by atoms with Crippen molar-refractivity contribution in [3.63, 3.8) is 0 Å². The Bertz CT molecular complexity index is 312. The lowest BCUT2D eigenvalue weighted by atomic mass is 9.91. The molecule has 0 radical (unpaired) electrons. The number of halogens is 4. The highest BCUT2D eigenvalue weighted by atomic mass is 19.3. The van der Waals surface area contributed by atoms with E-state index < -0.39 is 18.1 Å². The van der Waals surface area contributed by atoms with E-state index in [2.05, 4.69) is 5.32 Å². The number of Topliss-reactive ketones (excluding diaryl/α,β-unsaturated/α-hetero) is 1. The standard InChI is InChI=1S/C10H13F4NO/c1-15-7-5-3-2-4-6(7)8(16)10(13,14)9(11)12/h9,15H,2-5H2,1H3. The topological polar surface area (TPSA) is 29.1 Å². The highest BCUT2D eigenvalue weighted by Gasteiger charge is 2.50. The van der Waals surface area contributed by atoms with Crippen molar-refractivity contribution in [2.75, 3.05) is 7.05 Å². The molecule has 0 fully saturated rings. The molecular formula is C10H13F4NO. The quantitative estimate of drug-likeness (QED) is 0.764. The Morgan fingerprint density at radius 3 is 2.38 bits per heavy atom. The van der Waals surface area contributed by atoms with Gasteiger partial charge in [0.2, 0.25) is 5.78 Å². The lowest BCUT2D eigenvalue weighted by Crippen LogP contribution is -2.39. The predicted molar refractivity (Wildman–Crippen MR) is 50.5 cm³/mol. The van der Waals surface area contributed by atoms with Crippen LogP contribution in [0.4, 0.5) is 17.6 Å². The van der Waals surface area contributed by atoms with Crippen LogP contribution in [-0.4, -0.2) is 25.2 Å². The maximum atomic E-state index is 12.9. The number of carbonyl (C=O) groups excluding carboxylic acids is 1. The first-order valence-electron chi connectivity index (χ1n) is 5.01. The van der Waals surface area contributed by atoms with Gasteiger partial charge in [0.1, 0.15) is 0 Å². The van der Waals surface area contributed by atoms with Gasteiger partial charge in [0.05, 0.1) is 0 Å². The van der Waals surface area contributed by atoms with Crippen molar-refractivity contribution in [1.82, 2.24) is 5.32 Å². The molecule has 6 heteroatoms. The van der Waals surface area contributed by atoms with Gasteiger partial charge in [-0.3, -0.25) is 4.79 Å². The minimum Gasteiger partial charge on any atom is -0.391 e. The molecule has 2 nitrogen and oxygen atoms in total. The second kappa shape index (κ2) is 4.84. The second-order valence-electron chi connectivity index (χ2n) is 3.67. The maximum Gasteiger partial charge on any atom is 0.368 e. The number of nitrogens with one attached hydrogen (secondary N) is 1. The Hall–Kier alpha value is -1.07. The number of rotatable bonds is 4. The molecule has 0 spiro atoms. The van der Waals surface area contributed by atoms with Crippen molar-refractivity contribution in [3.05, 3.63) is 11.3 Å². The van der Waals surface area contributed by atoms with Gasteiger partial charge in [-0.25, -0.2) is 8.78 Å². The van der Waals surface area contributed by atoms with Crippen LogP contribution in [0.3, 0.4) is 0 Å². The lowest BCUT2D eigenvalue weighted by molar-refractivity contribution is -0.163. The SMILES string of the molecule is CNC1=C(C(=O)C(F)(F)C(F)F)CCCC1. The Morgan fingerprint density at radius 2 is 1.88 bits per heavy atom. The van der Waals surface area contributed by atoms with E-state index in [-0.39, 0.29) is 12.0 Å². The fourth-order valence-corrected chi connectivity index (χ4v) is 1.73. The van der Waals surface area contributed by atoms with Gasteiger partial charge in [0.15, 0.2) is 0 Å². The predicted octanol–water partition coefficient (Wildman–Crippen LogP) is 2.50. The summed E-state index contributed by atoms with van der Waals surface area (Å²) in [6.07, 6.45) is -2.01. The largest absolute Gasteiger partial charge is 0.391 e. The van der Waals surface area contributed by atoms with E-state index in [9.17, 15) is 22.4 Å². The third-order valence-electron chi connectivity index (χ3n) is 2.62. The van der Waals surface area contributed by atoms with Crippen molar-refractivity contribution < 1.29 is 22.4 Å². The Labute approximate surface area is 90.7 Å². The zero-order valence-electron chi connectivity index (χ0n) is 8.83. The smallest absolute Gasteiger partial charge is 0.368 e. The summed E-state index contributed by atoms with van der Waals surface area (Å²) in [5.74, 6) is -6.32. The zero-order valence-corrected chi connectivity index (χ0v) is 8.83. The average Bonchev–Trinajstić information content (AvgIpc) is 2.27. The Kier molecular flexibility index (Phi) is 3.93. The van der Waals surface area contributed by atoms with Crippen molar-refractivity contribution in [2.24, 2.45) is 0 Å². The van der Waals surface area contributed by atoms with Crippen LogP contribution in [0, 0.1) is 0 Å². The van der Waals surface area contributed by atoms with Crippen LogP contribution in [0.2, 0.25) is 0 Å². The van der Waals surface area contributed by atoms with Gasteiger partial charge in [0.25, 0.3) is 0 Å². The first-order valence-corrected chi connectivity index (χ1v) is 5.01. The summed E-state index contributed by atoms with van der Waals surface area (Å²) in [7, 11) is 1.49. The average molecular weight is 239 g/mol. The molecule has 0 saturated heterocycles. The van der Waals surface area contributed by atoms with Crippen LogP contribution in [-0.2, 0) is 4.79 Å². The summed E-state index contributed by atoms with van der Waals surface area (Å²) in [6, 6.07) is 0. The number of hydrogen-bond acceptors (Lipinski definition) is 2. The van der Waals surface area contributed by atoms with E-state index >= 15 is 0 Å². The highest BCUT2D eigenvalue weighted by Crippen LogP contribution is 2.32. The molecular weight excluding hydrogens is 226 g/mol. The molecule has 1 aliphatic carbocycles. The molecule has 1 N–H and O–H groups in total. The van der Waals surface area contributed by atoms with E-state index in [0.29, 0.717) is 18.5 Å². The van der Waals surface area contributed by atoms with Crippen molar-refractivity contribution in [2.45, 2.75) is 38.0 Å². The molecule has 0 amide bonds. The Balaban J connectivity index is 2.99. The van der Waals surface area contributed by atoms with E-state index in [1.807, 2.05) is 0 Å². The summed E-state index contributed by atoms with van der Waals surface area (Å²) >= 11 is 0. The van der Waals surface area contributed by atoms with Crippen LogP contribution in [0.25, 0.3) is 0 Å². The normalized spacial score (nSPS) is 17.9. The summed E-state index contributed by atoms with van der Waals surface area (Å²) in [5.41, 5.74) is 0.177. The summed E-state index contributed by atoms with van der Waals surface area (Å²) in [5, 5.41) is 2.63. The highest BCUT2D eigenvalue weighted by molar-refractivity contribution is 6.01. The molecule has 0 unspecified atom stereocenters. The van der Waals surface area contributed by atoms with Gasteiger partial charge < -0.3 is 5.32 Å². The molecule has 1 rings (SSSR count). The zero-order chi connectivity index (χ0) is 12.3. The molecule has 0 aliphatic heterocycles. The molecule has 16 heavy (non-hydrogen) atoms. The third-order valence-corrected chi connectivity index (χ3v) is 2.62. The minimum absolute atomic E-state index is 0.136. The molecule has 0 saturated carbocycles. The van der Waals surface area contributed by atoms with Gasteiger partial charge >= 0.3 is 12.3 Å². The molecule has 0 heterocycles. The van der Waals surface area contributed by atoms with Crippen molar-refractivity contribution in [1.29, 1.82) is 0 Å². The summed E-state index contributed by atoms with van der Waals surface area (Å²) in [4.78, 5) is 11.3. The summed E-state index contributed by atoms with van der Waals surface area (Å²) in [6.45, 7) is 0. The first kappa shape index (κ1) is 13.0. The molecule has 0 aromatic carbocycles.